The number of rotatable bonds is 8. The van der Waals surface area contributed by atoms with Crippen molar-refractivity contribution in [2.24, 2.45) is 20.0 Å². The zero-order valence-corrected chi connectivity index (χ0v) is 16.3. The van der Waals surface area contributed by atoms with Crippen molar-refractivity contribution in [2.75, 3.05) is 0 Å². The number of hydrogen-bond acceptors (Lipinski definition) is 5. The molecule has 2 unspecified atom stereocenters. The Hall–Kier alpha value is -1.93. The maximum absolute atomic E-state index is 12.6. The van der Waals surface area contributed by atoms with Crippen LogP contribution < -0.4 is 11.2 Å². The summed E-state index contributed by atoms with van der Waals surface area (Å²) in [5.41, 5.74) is -0.944. The van der Waals surface area contributed by atoms with Gasteiger partial charge in [-0.2, -0.15) is 0 Å². The third-order valence-electron chi connectivity index (χ3n) is 5.04. The first kappa shape index (κ1) is 20.4. The highest BCUT2D eigenvalue weighted by molar-refractivity contribution is 5.69. The molecule has 0 aliphatic heterocycles. The highest BCUT2D eigenvalue weighted by Crippen LogP contribution is 2.18. The molecule has 0 amide bonds. The van der Waals surface area contributed by atoms with E-state index in [9.17, 15) is 19.8 Å². The molecule has 0 aromatic carbocycles. The van der Waals surface area contributed by atoms with E-state index in [1.165, 1.54) is 15.5 Å². The lowest BCUT2D eigenvalue weighted by Crippen LogP contribution is -2.40. The summed E-state index contributed by atoms with van der Waals surface area (Å²) in [5, 5.41) is 19.6. The predicted octanol–water partition coefficient (Wildman–Crippen LogP) is 0.762. The van der Waals surface area contributed by atoms with E-state index in [0.29, 0.717) is 36.5 Å². The summed E-state index contributed by atoms with van der Waals surface area (Å²) in [5.74, 6) is 0.294. The third-order valence-corrected chi connectivity index (χ3v) is 5.04. The van der Waals surface area contributed by atoms with Gasteiger partial charge in [0.15, 0.2) is 11.2 Å². The zero-order valence-electron chi connectivity index (χ0n) is 16.3. The minimum absolute atomic E-state index is 0.294. The first-order valence-electron chi connectivity index (χ1n) is 9.05. The maximum Gasteiger partial charge on any atom is 0.332 e. The molecule has 0 radical (unpaired) electrons. The Labute approximate surface area is 152 Å². The van der Waals surface area contributed by atoms with Crippen molar-refractivity contribution in [3.8, 4) is 0 Å². The molecule has 0 saturated heterocycles. The van der Waals surface area contributed by atoms with Crippen LogP contribution in [0.5, 0.6) is 0 Å². The number of nitrogens with zero attached hydrogens (tertiary/aromatic N) is 4. The topological polar surface area (TPSA) is 102 Å². The van der Waals surface area contributed by atoms with Gasteiger partial charge in [0.05, 0.1) is 18.0 Å². The van der Waals surface area contributed by atoms with Gasteiger partial charge in [0.1, 0.15) is 0 Å². The second-order valence-electron chi connectivity index (χ2n) is 7.82. The normalized spacial score (nSPS) is 14.7. The third kappa shape index (κ3) is 4.24. The minimum Gasteiger partial charge on any atom is -0.390 e. The van der Waals surface area contributed by atoms with E-state index in [-0.39, 0.29) is 11.2 Å². The van der Waals surface area contributed by atoms with Gasteiger partial charge in [-0.25, -0.2) is 9.78 Å². The fraction of sp³-hybridized carbons (Fsp3) is 0.722. The van der Waals surface area contributed by atoms with E-state index in [2.05, 4.69) is 11.9 Å². The summed E-state index contributed by atoms with van der Waals surface area (Å²) < 4.78 is 4.31. The summed E-state index contributed by atoms with van der Waals surface area (Å²) in [6.07, 6.45) is 3.63. The largest absolute Gasteiger partial charge is 0.390 e. The number of fused-ring (bicyclic) bond motifs is 1. The first-order chi connectivity index (χ1) is 12.0. The standard InChI is InChI=1S/C18H30N4O4/c1-12(7-6-8-13(23)18(2,3)26)9-10-22-16(24)14-15(19-11-20(14)4)21(5)17(22)25/h11-13,23,26H,6-10H2,1-5H3. The molecule has 0 bridgehead atoms. The molecule has 2 aromatic heterocycles. The Morgan fingerprint density at radius 2 is 1.85 bits per heavy atom. The molecule has 0 fully saturated rings. The zero-order chi connectivity index (χ0) is 19.6. The summed E-state index contributed by atoms with van der Waals surface area (Å²) >= 11 is 0. The van der Waals surface area contributed by atoms with Gasteiger partial charge >= 0.3 is 5.69 Å². The predicted molar refractivity (Wildman–Crippen MR) is 100 cm³/mol. The van der Waals surface area contributed by atoms with E-state index in [4.69, 9.17) is 0 Å². The van der Waals surface area contributed by atoms with Crippen LogP contribution in [-0.2, 0) is 20.6 Å². The van der Waals surface area contributed by atoms with Gasteiger partial charge in [0, 0.05) is 20.6 Å². The SMILES string of the molecule is CC(CCCC(O)C(C)(C)O)CCn1c(=O)c2c(ncn2C)n(C)c1=O. The van der Waals surface area contributed by atoms with Crippen LogP contribution in [-0.4, -0.2) is 40.6 Å². The van der Waals surface area contributed by atoms with Crippen LogP contribution >= 0.6 is 0 Å². The van der Waals surface area contributed by atoms with E-state index in [1.807, 2.05) is 0 Å². The van der Waals surface area contributed by atoms with E-state index in [1.54, 1.807) is 32.5 Å². The first-order valence-corrected chi connectivity index (χ1v) is 9.05. The fourth-order valence-corrected chi connectivity index (χ4v) is 3.10. The van der Waals surface area contributed by atoms with Crippen molar-refractivity contribution in [1.82, 2.24) is 18.7 Å². The Morgan fingerprint density at radius 3 is 2.46 bits per heavy atom. The molecule has 0 aliphatic rings. The number of aryl methyl sites for hydroxylation is 2. The molecular formula is C18H30N4O4. The average molecular weight is 366 g/mol. The van der Waals surface area contributed by atoms with E-state index in [0.717, 1.165) is 12.8 Å². The van der Waals surface area contributed by atoms with Gasteiger partial charge in [-0.3, -0.25) is 13.9 Å². The molecule has 2 aromatic rings. The molecule has 8 heteroatoms. The highest BCUT2D eigenvalue weighted by atomic mass is 16.3. The van der Waals surface area contributed by atoms with Crippen LogP contribution in [0.15, 0.2) is 15.9 Å². The highest BCUT2D eigenvalue weighted by Gasteiger charge is 2.24. The molecule has 0 aliphatic carbocycles. The van der Waals surface area contributed by atoms with Crippen molar-refractivity contribution in [3.63, 3.8) is 0 Å². The van der Waals surface area contributed by atoms with Crippen molar-refractivity contribution >= 4 is 11.2 Å². The Balaban J connectivity index is 2.03. The lowest BCUT2D eigenvalue weighted by molar-refractivity contribution is -0.0525. The van der Waals surface area contributed by atoms with Gasteiger partial charge in [0.25, 0.3) is 5.56 Å². The lowest BCUT2D eigenvalue weighted by Gasteiger charge is -2.24. The van der Waals surface area contributed by atoms with Crippen LogP contribution in [0, 0.1) is 5.92 Å². The Kier molecular flexibility index (Phi) is 6.08. The monoisotopic (exact) mass is 366 g/mol. The van der Waals surface area contributed by atoms with Crippen molar-refractivity contribution in [2.45, 2.75) is 64.7 Å². The lowest BCUT2D eigenvalue weighted by atomic mass is 9.93. The molecular weight excluding hydrogens is 336 g/mol. The van der Waals surface area contributed by atoms with Crippen LogP contribution in [0.2, 0.25) is 0 Å². The number of aromatic nitrogens is 4. The summed E-state index contributed by atoms with van der Waals surface area (Å²) in [6, 6.07) is 0. The number of aliphatic hydroxyl groups excluding tert-OH is 1. The van der Waals surface area contributed by atoms with Crippen LogP contribution in [0.4, 0.5) is 0 Å². The van der Waals surface area contributed by atoms with Gasteiger partial charge < -0.3 is 14.8 Å². The molecule has 146 valence electrons. The van der Waals surface area contributed by atoms with Crippen molar-refractivity contribution in [1.29, 1.82) is 0 Å². The second-order valence-corrected chi connectivity index (χ2v) is 7.82. The van der Waals surface area contributed by atoms with E-state index >= 15 is 0 Å². The summed E-state index contributed by atoms with van der Waals surface area (Å²) in [4.78, 5) is 29.2. The Bertz CT molecular complexity index is 872. The van der Waals surface area contributed by atoms with Gasteiger partial charge in [-0.05, 0) is 32.6 Å². The smallest absolute Gasteiger partial charge is 0.332 e. The minimum atomic E-state index is -1.10. The molecule has 2 rings (SSSR count). The second kappa shape index (κ2) is 7.75. The molecule has 2 atom stereocenters. The van der Waals surface area contributed by atoms with Crippen LogP contribution in [0.25, 0.3) is 11.2 Å². The molecule has 0 saturated carbocycles. The molecule has 8 nitrogen and oxygen atoms in total. The fourth-order valence-electron chi connectivity index (χ4n) is 3.10. The van der Waals surface area contributed by atoms with Crippen molar-refractivity contribution in [3.05, 3.63) is 27.2 Å². The number of aliphatic hydroxyl groups is 2. The van der Waals surface area contributed by atoms with Gasteiger partial charge in [-0.1, -0.05) is 19.8 Å². The Morgan fingerprint density at radius 1 is 1.19 bits per heavy atom. The molecule has 26 heavy (non-hydrogen) atoms. The quantitative estimate of drug-likeness (QED) is 0.718. The number of imidazole rings is 1. The molecule has 2 N–H and O–H groups in total. The van der Waals surface area contributed by atoms with Gasteiger partial charge in [0.2, 0.25) is 0 Å². The maximum atomic E-state index is 12.6. The van der Waals surface area contributed by atoms with Crippen LogP contribution in [0.1, 0.15) is 46.5 Å². The number of hydrogen-bond donors (Lipinski definition) is 2. The van der Waals surface area contributed by atoms with Crippen LogP contribution in [0.3, 0.4) is 0 Å². The van der Waals surface area contributed by atoms with E-state index < -0.39 is 11.7 Å². The summed E-state index contributed by atoms with van der Waals surface area (Å²) in [7, 11) is 3.36. The average Bonchev–Trinajstić information content (AvgIpc) is 2.93. The van der Waals surface area contributed by atoms with Gasteiger partial charge in [-0.15, -0.1) is 0 Å². The molecule has 2 heterocycles. The molecule has 0 spiro atoms. The van der Waals surface area contributed by atoms with Crippen molar-refractivity contribution < 1.29 is 10.2 Å². The summed E-state index contributed by atoms with van der Waals surface area (Å²) in [6.45, 7) is 5.60.